The van der Waals surface area contributed by atoms with E-state index >= 15 is 0 Å². The van der Waals surface area contributed by atoms with Gasteiger partial charge in [-0.25, -0.2) is 0 Å². The lowest BCUT2D eigenvalue weighted by molar-refractivity contribution is 0.321. The number of hydrogen-bond donors (Lipinski definition) is 1. The Labute approximate surface area is 101 Å². The maximum absolute atomic E-state index is 3.46. The average molecular weight is 270 g/mol. The van der Waals surface area contributed by atoms with E-state index < -0.39 is 0 Å². The van der Waals surface area contributed by atoms with Gasteiger partial charge < -0.3 is 5.32 Å². The Kier molecular flexibility index (Phi) is 4.35. The number of benzene rings is 1. The van der Waals surface area contributed by atoms with Gasteiger partial charge in [0.25, 0.3) is 0 Å². The molecule has 1 aromatic carbocycles. The van der Waals surface area contributed by atoms with Crippen LogP contribution in [0.2, 0.25) is 0 Å². The number of rotatable bonds is 3. The maximum Gasteiger partial charge on any atom is 0.0322 e. The lowest BCUT2D eigenvalue weighted by Crippen LogP contribution is -2.22. The Balaban J connectivity index is 2.79. The smallest absolute Gasteiger partial charge is 0.0322 e. The Morgan fingerprint density at radius 3 is 2.13 bits per heavy atom. The van der Waals surface area contributed by atoms with Gasteiger partial charge in [0.15, 0.2) is 0 Å². The molecule has 1 rings (SSSR count). The van der Waals surface area contributed by atoms with Gasteiger partial charge in [0.1, 0.15) is 0 Å². The van der Waals surface area contributed by atoms with E-state index in [2.05, 4.69) is 66.3 Å². The van der Waals surface area contributed by atoms with Crippen molar-refractivity contribution >= 4 is 15.9 Å². The Morgan fingerprint density at radius 2 is 1.73 bits per heavy atom. The van der Waals surface area contributed by atoms with Crippen molar-refractivity contribution < 1.29 is 0 Å². The second-order valence-corrected chi connectivity index (χ2v) is 6.07. The molecule has 0 radical (unpaired) electrons. The fourth-order valence-electron chi connectivity index (χ4n) is 1.69. The van der Waals surface area contributed by atoms with E-state index in [1.807, 2.05) is 7.05 Å². The van der Waals surface area contributed by atoms with Crippen LogP contribution in [0.4, 0.5) is 0 Å². The summed E-state index contributed by atoms with van der Waals surface area (Å²) in [6.07, 6.45) is 1.14. The molecule has 84 valence electrons. The van der Waals surface area contributed by atoms with Crippen LogP contribution in [0, 0.1) is 5.41 Å². The van der Waals surface area contributed by atoms with Crippen molar-refractivity contribution in [2.45, 2.75) is 33.2 Å². The third kappa shape index (κ3) is 4.35. The van der Waals surface area contributed by atoms with Gasteiger partial charge in [-0.15, -0.1) is 0 Å². The van der Waals surface area contributed by atoms with Crippen LogP contribution in [0.3, 0.4) is 0 Å². The zero-order valence-electron chi connectivity index (χ0n) is 9.97. The SMILES string of the molecule is CNC(CC(C)(C)C)c1ccc(Br)cc1. The van der Waals surface area contributed by atoms with Crippen LogP contribution >= 0.6 is 15.9 Å². The molecule has 0 aliphatic heterocycles. The molecule has 15 heavy (non-hydrogen) atoms. The quantitative estimate of drug-likeness (QED) is 0.870. The highest BCUT2D eigenvalue weighted by molar-refractivity contribution is 9.10. The van der Waals surface area contributed by atoms with E-state index in [9.17, 15) is 0 Å². The monoisotopic (exact) mass is 269 g/mol. The summed E-state index contributed by atoms with van der Waals surface area (Å²) in [6.45, 7) is 6.82. The molecule has 0 saturated carbocycles. The van der Waals surface area contributed by atoms with Crippen molar-refractivity contribution in [1.82, 2.24) is 5.32 Å². The van der Waals surface area contributed by atoms with E-state index in [0.29, 0.717) is 11.5 Å². The second-order valence-electron chi connectivity index (χ2n) is 5.16. The molecule has 0 heterocycles. The summed E-state index contributed by atoms with van der Waals surface area (Å²) >= 11 is 3.46. The fraction of sp³-hybridized carbons (Fsp3) is 0.538. The van der Waals surface area contributed by atoms with Crippen LogP contribution < -0.4 is 5.32 Å². The highest BCUT2D eigenvalue weighted by Gasteiger charge is 2.18. The minimum absolute atomic E-state index is 0.348. The highest BCUT2D eigenvalue weighted by atomic mass is 79.9. The molecule has 0 fully saturated rings. The summed E-state index contributed by atoms with van der Waals surface area (Å²) in [5.41, 5.74) is 1.71. The first-order valence-electron chi connectivity index (χ1n) is 5.35. The van der Waals surface area contributed by atoms with E-state index in [0.717, 1.165) is 10.9 Å². The van der Waals surface area contributed by atoms with Crippen molar-refractivity contribution in [2.24, 2.45) is 5.41 Å². The maximum atomic E-state index is 3.46. The molecule has 0 spiro atoms. The van der Waals surface area contributed by atoms with Gasteiger partial charge in [-0.05, 0) is 36.6 Å². The zero-order valence-corrected chi connectivity index (χ0v) is 11.6. The van der Waals surface area contributed by atoms with Crippen LogP contribution in [0.15, 0.2) is 28.7 Å². The minimum atomic E-state index is 0.348. The molecule has 0 aliphatic rings. The first-order chi connectivity index (χ1) is 6.92. The molecule has 0 saturated heterocycles. The largest absolute Gasteiger partial charge is 0.313 e. The normalized spacial score (nSPS) is 13.9. The van der Waals surface area contributed by atoms with Gasteiger partial charge in [-0.2, -0.15) is 0 Å². The minimum Gasteiger partial charge on any atom is -0.313 e. The molecule has 0 aliphatic carbocycles. The molecule has 1 aromatic rings. The van der Waals surface area contributed by atoms with Crippen LogP contribution in [-0.2, 0) is 0 Å². The molecule has 1 N–H and O–H groups in total. The van der Waals surface area contributed by atoms with E-state index in [4.69, 9.17) is 0 Å². The summed E-state index contributed by atoms with van der Waals surface area (Å²) in [4.78, 5) is 0. The molecule has 0 bridgehead atoms. The molecule has 0 aromatic heterocycles. The highest BCUT2D eigenvalue weighted by Crippen LogP contribution is 2.29. The molecule has 2 heteroatoms. The number of halogens is 1. The second kappa shape index (κ2) is 5.13. The van der Waals surface area contributed by atoms with Gasteiger partial charge in [-0.3, -0.25) is 0 Å². The zero-order chi connectivity index (χ0) is 11.5. The van der Waals surface area contributed by atoms with Gasteiger partial charge >= 0.3 is 0 Å². The number of nitrogens with one attached hydrogen (secondary N) is 1. The van der Waals surface area contributed by atoms with Crippen molar-refractivity contribution in [1.29, 1.82) is 0 Å². The predicted octanol–water partition coefficient (Wildman–Crippen LogP) is 4.15. The van der Waals surface area contributed by atoms with Crippen LogP contribution in [0.25, 0.3) is 0 Å². The average Bonchev–Trinajstić information content (AvgIpc) is 2.14. The van der Waals surface area contributed by atoms with Gasteiger partial charge in [0, 0.05) is 10.5 Å². The lowest BCUT2D eigenvalue weighted by atomic mass is 9.85. The summed E-state index contributed by atoms with van der Waals surface area (Å²) in [7, 11) is 2.03. The topological polar surface area (TPSA) is 12.0 Å². The Hall–Kier alpha value is -0.340. The molecule has 1 atom stereocenters. The van der Waals surface area contributed by atoms with Crippen LogP contribution in [-0.4, -0.2) is 7.05 Å². The standard InChI is InChI=1S/C13H20BrN/c1-13(2,3)9-12(15-4)10-5-7-11(14)8-6-10/h5-8,12,15H,9H2,1-4H3. The van der Waals surface area contributed by atoms with Crippen molar-refractivity contribution in [3.8, 4) is 0 Å². The van der Waals surface area contributed by atoms with Crippen LogP contribution in [0.1, 0.15) is 38.8 Å². The first-order valence-corrected chi connectivity index (χ1v) is 6.14. The molecule has 0 amide bonds. The third-order valence-electron chi connectivity index (χ3n) is 2.44. The summed E-state index contributed by atoms with van der Waals surface area (Å²) < 4.78 is 1.14. The van der Waals surface area contributed by atoms with E-state index in [1.54, 1.807) is 0 Å². The molecule has 1 nitrogen and oxygen atoms in total. The third-order valence-corrected chi connectivity index (χ3v) is 2.97. The van der Waals surface area contributed by atoms with Gasteiger partial charge in [0.05, 0.1) is 0 Å². The lowest BCUT2D eigenvalue weighted by Gasteiger charge is -2.26. The van der Waals surface area contributed by atoms with Crippen LogP contribution in [0.5, 0.6) is 0 Å². The molecular weight excluding hydrogens is 250 g/mol. The van der Waals surface area contributed by atoms with Crippen molar-refractivity contribution in [2.75, 3.05) is 7.05 Å². The van der Waals surface area contributed by atoms with Crippen molar-refractivity contribution in [3.05, 3.63) is 34.3 Å². The molecular formula is C13H20BrN. The van der Waals surface area contributed by atoms with Crippen molar-refractivity contribution in [3.63, 3.8) is 0 Å². The predicted molar refractivity (Wildman–Crippen MR) is 70.0 cm³/mol. The first kappa shape index (κ1) is 12.7. The van der Waals surface area contributed by atoms with Gasteiger partial charge in [0.2, 0.25) is 0 Å². The Morgan fingerprint density at radius 1 is 1.20 bits per heavy atom. The summed E-state index contributed by atoms with van der Waals surface area (Å²) in [5.74, 6) is 0. The van der Waals surface area contributed by atoms with Gasteiger partial charge in [-0.1, -0.05) is 48.8 Å². The van der Waals surface area contributed by atoms with E-state index in [-0.39, 0.29) is 0 Å². The Bertz CT molecular complexity index is 297. The summed E-state index contributed by atoms with van der Waals surface area (Å²) in [6, 6.07) is 9.00. The molecule has 1 unspecified atom stereocenters. The summed E-state index contributed by atoms with van der Waals surface area (Å²) in [5, 5.41) is 3.38. The van der Waals surface area contributed by atoms with E-state index in [1.165, 1.54) is 5.56 Å². The fourth-order valence-corrected chi connectivity index (χ4v) is 1.96. The number of hydrogen-bond acceptors (Lipinski definition) is 1.